The molecule has 2 atom stereocenters. The number of nitrogens with one attached hydrogen (secondary N) is 2. The van der Waals surface area contributed by atoms with E-state index in [1.54, 1.807) is 6.20 Å². The number of anilines is 1. The van der Waals surface area contributed by atoms with Gasteiger partial charge in [-0.3, -0.25) is 9.89 Å². The average Bonchev–Trinajstić information content (AvgIpc) is 2.76. The molecule has 2 rings (SSSR count). The number of aromatic nitrogens is 2. The van der Waals surface area contributed by atoms with Crippen LogP contribution < -0.4 is 5.32 Å². The molecule has 2 heterocycles. The van der Waals surface area contributed by atoms with E-state index < -0.39 is 0 Å². The van der Waals surface area contributed by atoms with Crippen molar-refractivity contribution in [2.24, 2.45) is 5.92 Å². The first kappa shape index (κ1) is 10.2. The SMILES string of the molecule is Cc1cn[nH]c1NC(=O)C1CCOC1C. The Hall–Kier alpha value is -1.36. The van der Waals surface area contributed by atoms with Crippen LogP contribution in [0.25, 0.3) is 0 Å². The Labute approximate surface area is 88.2 Å². The Morgan fingerprint density at radius 1 is 1.73 bits per heavy atom. The number of aromatic amines is 1. The second-order valence-corrected chi connectivity index (χ2v) is 3.89. The summed E-state index contributed by atoms with van der Waals surface area (Å²) in [7, 11) is 0. The van der Waals surface area contributed by atoms with Crippen LogP contribution >= 0.6 is 0 Å². The van der Waals surface area contributed by atoms with Crippen molar-refractivity contribution in [3.05, 3.63) is 11.8 Å². The Bertz CT molecular complexity index is 361. The van der Waals surface area contributed by atoms with Gasteiger partial charge in [-0.05, 0) is 20.3 Å². The number of carbonyl (C=O) groups excluding carboxylic acids is 1. The zero-order valence-electron chi connectivity index (χ0n) is 8.91. The number of H-pyrrole nitrogens is 1. The standard InChI is InChI=1S/C10H15N3O2/c1-6-5-11-13-9(6)12-10(14)8-3-4-15-7(8)2/h5,7-8H,3-4H2,1-2H3,(H2,11,12,13,14). The second-order valence-electron chi connectivity index (χ2n) is 3.89. The average molecular weight is 209 g/mol. The monoisotopic (exact) mass is 209 g/mol. The summed E-state index contributed by atoms with van der Waals surface area (Å²) in [6.45, 7) is 4.49. The van der Waals surface area contributed by atoms with E-state index in [-0.39, 0.29) is 17.9 Å². The summed E-state index contributed by atoms with van der Waals surface area (Å²) in [5.41, 5.74) is 0.940. The molecule has 1 saturated heterocycles. The summed E-state index contributed by atoms with van der Waals surface area (Å²) in [5, 5.41) is 9.43. The first-order valence-electron chi connectivity index (χ1n) is 5.11. The lowest BCUT2D eigenvalue weighted by molar-refractivity contribution is -0.121. The van der Waals surface area contributed by atoms with Gasteiger partial charge in [-0.2, -0.15) is 5.10 Å². The van der Waals surface area contributed by atoms with Crippen LogP contribution in [0.3, 0.4) is 0 Å². The summed E-state index contributed by atoms with van der Waals surface area (Å²) in [4.78, 5) is 11.8. The number of amides is 1. The minimum atomic E-state index is -0.0484. The molecule has 15 heavy (non-hydrogen) atoms. The van der Waals surface area contributed by atoms with Crippen molar-refractivity contribution < 1.29 is 9.53 Å². The highest BCUT2D eigenvalue weighted by Crippen LogP contribution is 2.22. The van der Waals surface area contributed by atoms with Crippen LogP contribution in [0, 0.1) is 12.8 Å². The van der Waals surface area contributed by atoms with Crippen molar-refractivity contribution in [1.29, 1.82) is 0 Å². The summed E-state index contributed by atoms with van der Waals surface area (Å²) < 4.78 is 5.35. The highest BCUT2D eigenvalue weighted by atomic mass is 16.5. The molecule has 0 bridgehead atoms. The lowest BCUT2D eigenvalue weighted by atomic mass is 10.0. The van der Waals surface area contributed by atoms with Crippen LogP contribution in [0.1, 0.15) is 18.9 Å². The highest BCUT2D eigenvalue weighted by Gasteiger charge is 2.31. The maximum atomic E-state index is 11.8. The Balaban J connectivity index is 2.01. The quantitative estimate of drug-likeness (QED) is 0.766. The third-order valence-electron chi connectivity index (χ3n) is 2.79. The van der Waals surface area contributed by atoms with Crippen molar-refractivity contribution in [1.82, 2.24) is 10.2 Å². The van der Waals surface area contributed by atoms with E-state index in [2.05, 4.69) is 15.5 Å². The fourth-order valence-electron chi connectivity index (χ4n) is 1.76. The molecule has 1 aliphatic heterocycles. The molecule has 5 heteroatoms. The van der Waals surface area contributed by atoms with Crippen molar-refractivity contribution in [3.8, 4) is 0 Å². The van der Waals surface area contributed by atoms with Crippen LogP contribution in [0.4, 0.5) is 5.82 Å². The molecule has 1 fully saturated rings. The Morgan fingerprint density at radius 2 is 2.53 bits per heavy atom. The molecular formula is C10H15N3O2. The first-order chi connectivity index (χ1) is 7.18. The topological polar surface area (TPSA) is 67.0 Å². The summed E-state index contributed by atoms with van der Waals surface area (Å²) in [5.74, 6) is 0.638. The van der Waals surface area contributed by atoms with Crippen molar-refractivity contribution >= 4 is 11.7 Å². The van der Waals surface area contributed by atoms with Crippen LogP contribution in [0.2, 0.25) is 0 Å². The number of hydrogen-bond donors (Lipinski definition) is 2. The third kappa shape index (κ3) is 2.02. The molecule has 0 aromatic carbocycles. The molecule has 0 radical (unpaired) electrons. The van der Waals surface area contributed by atoms with E-state index in [9.17, 15) is 4.79 Å². The minimum absolute atomic E-state index is 0.00681. The van der Waals surface area contributed by atoms with Crippen LogP contribution in [-0.2, 0) is 9.53 Å². The predicted molar refractivity (Wildman–Crippen MR) is 55.5 cm³/mol. The molecule has 1 amide bonds. The lowest BCUT2D eigenvalue weighted by Crippen LogP contribution is -2.28. The summed E-state index contributed by atoms with van der Waals surface area (Å²) in [6.07, 6.45) is 2.48. The number of carbonyl (C=O) groups is 1. The Morgan fingerprint density at radius 3 is 3.07 bits per heavy atom. The summed E-state index contributed by atoms with van der Waals surface area (Å²) >= 11 is 0. The van der Waals surface area contributed by atoms with E-state index in [1.807, 2.05) is 13.8 Å². The smallest absolute Gasteiger partial charge is 0.231 e. The van der Waals surface area contributed by atoms with E-state index in [0.29, 0.717) is 12.4 Å². The number of rotatable bonds is 2. The van der Waals surface area contributed by atoms with Gasteiger partial charge in [0.15, 0.2) is 0 Å². The van der Waals surface area contributed by atoms with Gasteiger partial charge in [0.2, 0.25) is 5.91 Å². The zero-order chi connectivity index (χ0) is 10.8. The van der Waals surface area contributed by atoms with Gasteiger partial charge in [-0.1, -0.05) is 0 Å². The van der Waals surface area contributed by atoms with Gasteiger partial charge in [-0.25, -0.2) is 0 Å². The van der Waals surface area contributed by atoms with Gasteiger partial charge >= 0.3 is 0 Å². The normalized spacial score (nSPS) is 25.5. The van der Waals surface area contributed by atoms with E-state index in [4.69, 9.17) is 4.74 Å². The molecule has 2 N–H and O–H groups in total. The number of nitrogens with zero attached hydrogens (tertiary/aromatic N) is 1. The summed E-state index contributed by atoms with van der Waals surface area (Å²) in [6, 6.07) is 0. The molecule has 1 aromatic heterocycles. The third-order valence-corrected chi connectivity index (χ3v) is 2.79. The van der Waals surface area contributed by atoms with Gasteiger partial charge in [0.05, 0.1) is 18.2 Å². The van der Waals surface area contributed by atoms with Gasteiger partial charge < -0.3 is 10.1 Å². The number of aryl methyl sites for hydroxylation is 1. The van der Waals surface area contributed by atoms with E-state index in [1.165, 1.54) is 0 Å². The molecule has 2 unspecified atom stereocenters. The second kappa shape index (κ2) is 4.02. The molecular weight excluding hydrogens is 194 g/mol. The van der Waals surface area contributed by atoms with Crippen molar-refractivity contribution in [3.63, 3.8) is 0 Å². The van der Waals surface area contributed by atoms with Gasteiger partial charge in [0, 0.05) is 12.2 Å². The molecule has 5 nitrogen and oxygen atoms in total. The first-order valence-corrected chi connectivity index (χ1v) is 5.11. The Kier molecular flexibility index (Phi) is 2.73. The fourth-order valence-corrected chi connectivity index (χ4v) is 1.76. The molecule has 0 spiro atoms. The lowest BCUT2D eigenvalue weighted by Gasteiger charge is -2.13. The zero-order valence-corrected chi connectivity index (χ0v) is 8.91. The van der Waals surface area contributed by atoms with Gasteiger partial charge in [0.1, 0.15) is 5.82 Å². The molecule has 82 valence electrons. The molecule has 1 aliphatic rings. The minimum Gasteiger partial charge on any atom is -0.378 e. The number of ether oxygens (including phenoxy) is 1. The maximum Gasteiger partial charge on any atom is 0.231 e. The predicted octanol–water partition coefficient (Wildman–Crippen LogP) is 1.08. The fraction of sp³-hybridized carbons (Fsp3) is 0.600. The van der Waals surface area contributed by atoms with Gasteiger partial charge in [0.25, 0.3) is 0 Å². The number of hydrogen-bond acceptors (Lipinski definition) is 3. The van der Waals surface area contributed by atoms with Crippen molar-refractivity contribution in [2.75, 3.05) is 11.9 Å². The highest BCUT2D eigenvalue weighted by molar-refractivity contribution is 5.92. The molecule has 1 aromatic rings. The van der Waals surface area contributed by atoms with Crippen LogP contribution in [-0.4, -0.2) is 28.8 Å². The van der Waals surface area contributed by atoms with E-state index in [0.717, 1.165) is 12.0 Å². The van der Waals surface area contributed by atoms with E-state index >= 15 is 0 Å². The van der Waals surface area contributed by atoms with Crippen molar-refractivity contribution in [2.45, 2.75) is 26.4 Å². The largest absolute Gasteiger partial charge is 0.378 e. The maximum absolute atomic E-state index is 11.8. The van der Waals surface area contributed by atoms with Crippen LogP contribution in [0.15, 0.2) is 6.20 Å². The van der Waals surface area contributed by atoms with Crippen LogP contribution in [0.5, 0.6) is 0 Å². The molecule has 0 aliphatic carbocycles. The molecule has 0 saturated carbocycles. The van der Waals surface area contributed by atoms with Gasteiger partial charge in [-0.15, -0.1) is 0 Å².